The van der Waals surface area contributed by atoms with Crippen molar-refractivity contribution in [1.29, 1.82) is 0 Å². The van der Waals surface area contributed by atoms with Gasteiger partial charge in [0.25, 0.3) is 5.91 Å². The maximum atomic E-state index is 13.6. The third-order valence-corrected chi connectivity index (χ3v) is 5.88. The number of fused-ring (bicyclic) bond motifs is 1. The molecule has 1 N–H and O–H groups in total. The zero-order chi connectivity index (χ0) is 22.4. The molecule has 0 radical (unpaired) electrons. The number of carbonyl (C=O) groups excluding carboxylic acids is 2. The number of ketones is 1. The van der Waals surface area contributed by atoms with Crippen molar-refractivity contribution in [2.75, 3.05) is 4.90 Å². The van der Waals surface area contributed by atoms with Crippen LogP contribution in [0, 0.1) is 6.92 Å². The zero-order valence-electron chi connectivity index (χ0n) is 17.1. The van der Waals surface area contributed by atoms with E-state index in [2.05, 4.69) is 0 Å². The van der Waals surface area contributed by atoms with Crippen molar-refractivity contribution in [3.05, 3.63) is 112 Å². The third kappa shape index (κ3) is 3.18. The Bertz CT molecular complexity index is 1370. The molecule has 1 unspecified atom stereocenters. The molecule has 3 aromatic carbocycles. The first kappa shape index (κ1) is 20.1. The van der Waals surface area contributed by atoms with Gasteiger partial charge in [0.05, 0.1) is 11.6 Å². The van der Waals surface area contributed by atoms with Crippen LogP contribution in [0.25, 0.3) is 11.0 Å². The standard InChI is InChI=1S/C26H18ClNO4/c1-15-11-12-18(27)14-19(15)28-23(16-7-3-2-4-8-16)22(25(30)26(28)31)24(29)21-13-17-9-5-6-10-20(17)32-21/h2-14,23,30H,1H3. The van der Waals surface area contributed by atoms with Crippen molar-refractivity contribution in [3.8, 4) is 0 Å². The average molecular weight is 444 g/mol. The number of Topliss-reactive ketones (excluding diaryl/α,β-unsaturated/α-hetero) is 1. The summed E-state index contributed by atoms with van der Waals surface area (Å²) in [5.41, 5.74) is 2.52. The van der Waals surface area contributed by atoms with Crippen molar-refractivity contribution in [1.82, 2.24) is 0 Å². The smallest absolute Gasteiger partial charge is 0.294 e. The van der Waals surface area contributed by atoms with Crippen LogP contribution in [0.1, 0.15) is 27.7 Å². The summed E-state index contributed by atoms with van der Waals surface area (Å²) < 4.78 is 5.75. The predicted molar refractivity (Wildman–Crippen MR) is 123 cm³/mol. The first-order chi connectivity index (χ1) is 15.5. The van der Waals surface area contributed by atoms with E-state index in [0.29, 0.717) is 21.9 Å². The fourth-order valence-electron chi connectivity index (χ4n) is 4.11. The van der Waals surface area contributed by atoms with Crippen LogP contribution in [-0.2, 0) is 4.79 Å². The minimum absolute atomic E-state index is 0.0281. The number of hydrogen-bond donors (Lipinski definition) is 1. The lowest BCUT2D eigenvalue weighted by Gasteiger charge is -2.28. The minimum atomic E-state index is -0.832. The number of aliphatic hydroxyl groups is 1. The molecule has 0 spiro atoms. The van der Waals surface area contributed by atoms with E-state index < -0.39 is 23.5 Å². The van der Waals surface area contributed by atoms with Gasteiger partial charge in [0.2, 0.25) is 5.78 Å². The van der Waals surface area contributed by atoms with Crippen LogP contribution in [0.15, 0.2) is 94.6 Å². The van der Waals surface area contributed by atoms with Crippen LogP contribution in [0.2, 0.25) is 5.02 Å². The van der Waals surface area contributed by atoms with Crippen molar-refractivity contribution in [3.63, 3.8) is 0 Å². The monoisotopic (exact) mass is 443 g/mol. The molecule has 1 amide bonds. The molecular weight excluding hydrogens is 426 g/mol. The normalized spacial score (nSPS) is 16.2. The molecule has 0 saturated carbocycles. The fourth-order valence-corrected chi connectivity index (χ4v) is 4.27. The number of benzene rings is 3. The van der Waals surface area contributed by atoms with Gasteiger partial charge in [-0.15, -0.1) is 0 Å². The lowest BCUT2D eigenvalue weighted by Crippen LogP contribution is -2.31. The zero-order valence-corrected chi connectivity index (χ0v) is 17.8. The number of furan rings is 1. The molecule has 5 rings (SSSR count). The van der Waals surface area contributed by atoms with Crippen molar-refractivity contribution in [2.45, 2.75) is 13.0 Å². The van der Waals surface area contributed by atoms with E-state index in [1.165, 1.54) is 4.90 Å². The number of aliphatic hydroxyl groups excluding tert-OH is 1. The first-order valence-corrected chi connectivity index (χ1v) is 10.4. The summed E-state index contributed by atoms with van der Waals surface area (Å²) in [6.07, 6.45) is 0. The van der Waals surface area contributed by atoms with Gasteiger partial charge >= 0.3 is 0 Å². The van der Waals surface area contributed by atoms with E-state index in [0.717, 1.165) is 10.9 Å². The number of amides is 1. The summed E-state index contributed by atoms with van der Waals surface area (Å²) in [4.78, 5) is 28.3. The number of rotatable bonds is 4. The molecule has 1 atom stereocenters. The number of halogens is 1. The number of anilines is 1. The third-order valence-electron chi connectivity index (χ3n) is 5.65. The highest BCUT2D eigenvalue weighted by Crippen LogP contribution is 2.43. The number of para-hydroxylation sites is 1. The largest absolute Gasteiger partial charge is 0.503 e. The Morgan fingerprint density at radius 2 is 1.72 bits per heavy atom. The van der Waals surface area contributed by atoms with Gasteiger partial charge in [0.15, 0.2) is 11.5 Å². The summed E-state index contributed by atoms with van der Waals surface area (Å²) in [7, 11) is 0. The van der Waals surface area contributed by atoms with Crippen molar-refractivity contribution >= 4 is 39.9 Å². The second-order valence-electron chi connectivity index (χ2n) is 7.66. The molecule has 6 heteroatoms. The molecule has 1 aromatic heterocycles. The quantitative estimate of drug-likeness (QED) is 0.382. The van der Waals surface area contributed by atoms with Crippen LogP contribution >= 0.6 is 11.6 Å². The number of nitrogens with zero attached hydrogens (tertiary/aromatic N) is 1. The topological polar surface area (TPSA) is 70.8 Å². The van der Waals surface area contributed by atoms with Crippen LogP contribution in [0.3, 0.4) is 0 Å². The Morgan fingerprint density at radius 1 is 1.00 bits per heavy atom. The van der Waals surface area contributed by atoms with Gasteiger partial charge in [0, 0.05) is 16.1 Å². The van der Waals surface area contributed by atoms with E-state index >= 15 is 0 Å². The van der Waals surface area contributed by atoms with E-state index in [-0.39, 0.29) is 11.3 Å². The molecule has 0 fully saturated rings. The van der Waals surface area contributed by atoms with Gasteiger partial charge in [-0.2, -0.15) is 0 Å². The summed E-state index contributed by atoms with van der Waals surface area (Å²) >= 11 is 6.22. The van der Waals surface area contributed by atoms with Gasteiger partial charge in [-0.1, -0.05) is 66.2 Å². The van der Waals surface area contributed by atoms with Crippen LogP contribution in [0.4, 0.5) is 5.69 Å². The Hall–Kier alpha value is -3.83. The van der Waals surface area contributed by atoms with Gasteiger partial charge in [-0.3, -0.25) is 14.5 Å². The number of aryl methyl sites for hydroxylation is 1. The minimum Gasteiger partial charge on any atom is -0.503 e. The molecule has 4 aromatic rings. The molecule has 0 aliphatic carbocycles. The molecule has 5 nitrogen and oxygen atoms in total. The summed E-state index contributed by atoms with van der Waals surface area (Å²) in [5, 5.41) is 12.1. The average Bonchev–Trinajstić information content (AvgIpc) is 3.35. The van der Waals surface area contributed by atoms with Gasteiger partial charge in [-0.05, 0) is 42.3 Å². The molecule has 0 saturated heterocycles. The summed E-state index contributed by atoms with van der Waals surface area (Å²) in [5.74, 6) is -1.73. The Morgan fingerprint density at radius 3 is 2.47 bits per heavy atom. The molecule has 2 heterocycles. The van der Waals surface area contributed by atoms with Crippen LogP contribution < -0.4 is 4.90 Å². The maximum absolute atomic E-state index is 13.6. The van der Waals surface area contributed by atoms with Crippen LogP contribution in [-0.4, -0.2) is 16.8 Å². The SMILES string of the molecule is Cc1ccc(Cl)cc1N1C(=O)C(O)=C(C(=O)c2cc3ccccc3o2)C1c1ccccc1. The summed E-state index contributed by atoms with van der Waals surface area (Å²) in [6, 6.07) is 22.3. The number of hydrogen-bond acceptors (Lipinski definition) is 4. The first-order valence-electron chi connectivity index (χ1n) is 10.1. The van der Waals surface area contributed by atoms with E-state index in [9.17, 15) is 14.7 Å². The molecular formula is C26H18ClNO4. The van der Waals surface area contributed by atoms with Crippen molar-refractivity contribution in [2.24, 2.45) is 0 Å². The van der Waals surface area contributed by atoms with E-state index in [1.807, 2.05) is 55.5 Å². The van der Waals surface area contributed by atoms with E-state index in [1.54, 1.807) is 30.3 Å². The highest BCUT2D eigenvalue weighted by Gasteiger charge is 2.45. The lowest BCUT2D eigenvalue weighted by atomic mass is 9.94. The molecule has 1 aliphatic rings. The van der Waals surface area contributed by atoms with E-state index in [4.69, 9.17) is 16.0 Å². The second-order valence-corrected chi connectivity index (χ2v) is 8.10. The second kappa shape index (κ2) is 7.70. The molecule has 158 valence electrons. The maximum Gasteiger partial charge on any atom is 0.294 e. The highest BCUT2D eigenvalue weighted by molar-refractivity contribution is 6.31. The summed E-state index contributed by atoms with van der Waals surface area (Å²) in [6.45, 7) is 1.84. The lowest BCUT2D eigenvalue weighted by molar-refractivity contribution is -0.117. The molecule has 1 aliphatic heterocycles. The Labute approximate surface area is 189 Å². The predicted octanol–water partition coefficient (Wildman–Crippen LogP) is 6.18. The fraction of sp³-hybridized carbons (Fsp3) is 0.0769. The van der Waals surface area contributed by atoms with Crippen LogP contribution in [0.5, 0.6) is 0 Å². The van der Waals surface area contributed by atoms with Crippen molar-refractivity contribution < 1.29 is 19.1 Å². The van der Waals surface area contributed by atoms with Gasteiger partial charge < -0.3 is 9.52 Å². The molecule has 32 heavy (non-hydrogen) atoms. The molecule has 0 bridgehead atoms. The Balaban J connectivity index is 1.69. The van der Waals surface area contributed by atoms with Gasteiger partial charge in [-0.25, -0.2) is 0 Å². The van der Waals surface area contributed by atoms with Gasteiger partial charge in [0.1, 0.15) is 5.58 Å². The highest BCUT2D eigenvalue weighted by atomic mass is 35.5. The Kier molecular flexibility index (Phi) is 4.83. The number of carbonyl (C=O) groups is 2.